The molecule has 0 spiro atoms. The summed E-state index contributed by atoms with van der Waals surface area (Å²) >= 11 is 0. The van der Waals surface area contributed by atoms with Crippen molar-refractivity contribution in [3.05, 3.63) is 28.8 Å². The molecular formula is C22H39NO. The van der Waals surface area contributed by atoms with E-state index in [1.54, 1.807) is 0 Å². The van der Waals surface area contributed by atoms with Crippen molar-refractivity contribution in [1.82, 2.24) is 5.32 Å². The molecule has 0 amide bonds. The molecule has 0 heterocycles. The van der Waals surface area contributed by atoms with Gasteiger partial charge in [-0.3, -0.25) is 0 Å². The Morgan fingerprint density at radius 2 is 1.33 bits per heavy atom. The molecule has 0 unspecified atom stereocenters. The fourth-order valence-corrected chi connectivity index (χ4v) is 3.03. The quantitative estimate of drug-likeness (QED) is 0.568. The second kappa shape index (κ2) is 8.89. The molecule has 2 nitrogen and oxygen atoms in total. The van der Waals surface area contributed by atoms with Crippen LogP contribution < -0.4 is 5.32 Å². The monoisotopic (exact) mass is 333 g/mol. The molecule has 0 radical (unpaired) electrons. The summed E-state index contributed by atoms with van der Waals surface area (Å²) in [6.45, 7) is 17.2. The molecule has 138 valence electrons. The van der Waals surface area contributed by atoms with Crippen LogP contribution in [-0.4, -0.2) is 11.7 Å². The first kappa shape index (κ1) is 21.0. The van der Waals surface area contributed by atoms with Crippen LogP contribution in [0.2, 0.25) is 0 Å². The van der Waals surface area contributed by atoms with E-state index in [-0.39, 0.29) is 10.8 Å². The van der Waals surface area contributed by atoms with Crippen molar-refractivity contribution in [2.75, 3.05) is 6.54 Å². The van der Waals surface area contributed by atoms with Gasteiger partial charge in [-0.15, -0.1) is 0 Å². The molecule has 0 aromatic heterocycles. The molecule has 0 aliphatic rings. The second-order valence-corrected chi connectivity index (χ2v) is 9.13. The highest BCUT2D eigenvalue weighted by molar-refractivity contribution is 5.49. The highest BCUT2D eigenvalue weighted by Gasteiger charge is 2.26. The zero-order valence-corrected chi connectivity index (χ0v) is 17.1. The number of unbranched alkanes of at least 4 members (excludes halogenated alkanes) is 4. The average Bonchev–Trinajstić information content (AvgIpc) is 2.45. The van der Waals surface area contributed by atoms with Crippen LogP contribution in [0.4, 0.5) is 0 Å². The molecule has 2 N–H and O–H groups in total. The fourth-order valence-electron chi connectivity index (χ4n) is 3.03. The molecule has 0 atom stereocenters. The predicted molar refractivity (Wildman–Crippen MR) is 106 cm³/mol. The van der Waals surface area contributed by atoms with Crippen LogP contribution in [0.15, 0.2) is 12.1 Å². The van der Waals surface area contributed by atoms with E-state index < -0.39 is 0 Å². The van der Waals surface area contributed by atoms with Gasteiger partial charge in [-0.25, -0.2) is 0 Å². The van der Waals surface area contributed by atoms with E-state index in [9.17, 15) is 5.11 Å². The van der Waals surface area contributed by atoms with Gasteiger partial charge in [-0.2, -0.15) is 0 Å². The standard InChI is InChI=1S/C22H39NO/c1-8-9-10-11-12-13-23-16-17-14-18(21(2,3)4)20(24)19(15-17)22(5,6)7/h14-15,23-24H,8-13,16H2,1-7H3. The predicted octanol–water partition coefficient (Wildman–Crippen LogP) is 6.05. The smallest absolute Gasteiger partial charge is 0.123 e. The lowest BCUT2D eigenvalue weighted by molar-refractivity contribution is 0.422. The van der Waals surface area contributed by atoms with Gasteiger partial charge in [0.25, 0.3) is 0 Å². The summed E-state index contributed by atoms with van der Waals surface area (Å²) in [6, 6.07) is 4.35. The highest BCUT2D eigenvalue weighted by atomic mass is 16.3. The summed E-state index contributed by atoms with van der Waals surface area (Å²) in [5.74, 6) is 0.471. The number of hydrogen-bond acceptors (Lipinski definition) is 2. The number of phenols is 1. The molecule has 2 heteroatoms. The van der Waals surface area contributed by atoms with Gasteiger partial charge in [0, 0.05) is 6.54 Å². The van der Waals surface area contributed by atoms with Crippen molar-refractivity contribution in [3.8, 4) is 5.75 Å². The Morgan fingerprint density at radius 3 is 1.79 bits per heavy atom. The van der Waals surface area contributed by atoms with Crippen LogP contribution in [0.1, 0.15) is 97.3 Å². The van der Waals surface area contributed by atoms with Crippen LogP contribution in [-0.2, 0) is 17.4 Å². The first-order chi connectivity index (χ1) is 11.1. The fraction of sp³-hybridized carbons (Fsp3) is 0.727. The van der Waals surface area contributed by atoms with Gasteiger partial charge in [-0.1, -0.05) is 86.3 Å². The minimum atomic E-state index is -0.0553. The maximum absolute atomic E-state index is 10.8. The van der Waals surface area contributed by atoms with Crippen LogP contribution in [0.25, 0.3) is 0 Å². The van der Waals surface area contributed by atoms with Gasteiger partial charge < -0.3 is 10.4 Å². The minimum absolute atomic E-state index is 0.0553. The molecular weight excluding hydrogens is 294 g/mol. The molecule has 0 bridgehead atoms. The molecule has 0 aliphatic heterocycles. The Kier molecular flexibility index (Phi) is 7.79. The van der Waals surface area contributed by atoms with E-state index in [1.807, 2.05) is 0 Å². The van der Waals surface area contributed by atoms with E-state index >= 15 is 0 Å². The zero-order valence-electron chi connectivity index (χ0n) is 17.1. The third-order valence-electron chi connectivity index (χ3n) is 4.57. The maximum Gasteiger partial charge on any atom is 0.123 e. The Morgan fingerprint density at radius 1 is 0.833 bits per heavy atom. The second-order valence-electron chi connectivity index (χ2n) is 9.13. The van der Waals surface area contributed by atoms with Gasteiger partial charge in [0.1, 0.15) is 5.75 Å². The Balaban J connectivity index is 2.80. The SMILES string of the molecule is CCCCCCCNCc1cc(C(C)(C)C)c(O)c(C(C)(C)C)c1. The summed E-state index contributed by atoms with van der Waals surface area (Å²) in [4.78, 5) is 0. The van der Waals surface area contributed by atoms with Crippen LogP contribution in [0, 0.1) is 0 Å². The van der Waals surface area contributed by atoms with Gasteiger partial charge in [0.15, 0.2) is 0 Å². The molecule has 1 rings (SSSR count). The topological polar surface area (TPSA) is 32.3 Å². The van der Waals surface area contributed by atoms with Crippen molar-refractivity contribution in [3.63, 3.8) is 0 Å². The van der Waals surface area contributed by atoms with Crippen LogP contribution in [0.5, 0.6) is 5.75 Å². The summed E-state index contributed by atoms with van der Waals surface area (Å²) in [5.41, 5.74) is 3.26. The van der Waals surface area contributed by atoms with E-state index in [0.29, 0.717) is 5.75 Å². The number of rotatable bonds is 8. The van der Waals surface area contributed by atoms with E-state index in [1.165, 1.54) is 37.7 Å². The molecule has 24 heavy (non-hydrogen) atoms. The van der Waals surface area contributed by atoms with Crippen molar-refractivity contribution in [2.24, 2.45) is 0 Å². The van der Waals surface area contributed by atoms with E-state index in [0.717, 1.165) is 24.2 Å². The number of phenolic OH excluding ortho intramolecular Hbond substituents is 1. The minimum Gasteiger partial charge on any atom is -0.507 e. The molecule has 0 saturated carbocycles. The maximum atomic E-state index is 10.8. The first-order valence-corrected chi connectivity index (χ1v) is 9.65. The number of nitrogens with one attached hydrogen (secondary N) is 1. The van der Waals surface area contributed by atoms with E-state index in [2.05, 4.69) is 65.9 Å². The molecule has 1 aromatic rings. The molecule has 1 aromatic carbocycles. The third-order valence-corrected chi connectivity index (χ3v) is 4.57. The number of benzene rings is 1. The molecule has 0 saturated heterocycles. The van der Waals surface area contributed by atoms with Gasteiger partial charge in [0.05, 0.1) is 0 Å². The van der Waals surface area contributed by atoms with Crippen molar-refractivity contribution in [1.29, 1.82) is 0 Å². The Bertz CT molecular complexity index is 471. The first-order valence-electron chi connectivity index (χ1n) is 9.65. The lowest BCUT2D eigenvalue weighted by atomic mass is 9.78. The summed E-state index contributed by atoms with van der Waals surface area (Å²) in [6.07, 6.45) is 6.56. The number of aromatic hydroxyl groups is 1. The zero-order chi connectivity index (χ0) is 18.4. The highest BCUT2D eigenvalue weighted by Crippen LogP contribution is 2.39. The van der Waals surface area contributed by atoms with E-state index in [4.69, 9.17) is 0 Å². The van der Waals surface area contributed by atoms with Crippen LogP contribution in [0.3, 0.4) is 0 Å². The lowest BCUT2D eigenvalue weighted by Gasteiger charge is -2.28. The largest absolute Gasteiger partial charge is 0.507 e. The lowest BCUT2D eigenvalue weighted by Crippen LogP contribution is -2.20. The Labute approximate surface area is 150 Å². The summed E-state index contributed by atoms with van der Waals surface area (Å²) < 4.78 is 0. The number of hydrogen-bond donors (Lipinski definition) is 2. The summed E-state index contributed by atoms with van der Waals surface area (Å²) in [7, 11) is 0. The third kappa shape index (κ3) is 6.47. The Hall–Kier alpha value is -1.02. The van der Waals surface area contributed by atoms with Gasteiger partial charge >= 0.3 is 0 Å². The average molecular weight is 334 g/mol. The van der Waals surface area contributed by atoms with Crippen LogP contribution >= 0.6 is 0 Å². The van der Waals surface area contributed by atoms with Gasteiger partial charge in [-0.05, 0) is 40.5 Å². The van der Waals surface area contributed by atoms with Gasteiger partial charge in [0.2, 0.25) is 0 Å². The normalized spacial score (nSPS) is 12.6. The molecule has 0 aliphatic carbocycles. The van der Waals surface area contributed by atoms with Crippen molar-refractivity contribution >= 4 is 0 Å². The summed E-state index contributed by atoms with van der Waals surface area (Å²) in [5, 5.41) is 14.3. The van der Waals surface area contributed by atoms with Crippen molar-refractivity contribution in [2.45, 2.75) is 97.9 Å². The van der Waals surface area contributed by atoms with Crippen molar-refractivity contribution < 1.29 is 5.11 Å². The molecule has 0 fully saturated rings.